The SMILES string of the molecule is CCC(C)=O.CCCCNC(=O)COCCOCCOCC(=O)NCCCC[C@H](NC(=O)CCCC(=O)NC(CNC(C)(C)/C(C)=N/O)CNC(C)(C)/C(C)=N/O)C(=O)NCCCC[C@H](NC)C(N)=O.CC[C@H](NCC(C)=O)C(N)=O. The average molecular weight is 1160 g/mol. The zero-order chi connectivity index (χ0) is 62.2. The van der Waals surface area contributed by atoms with E-state index in [2.05, 4.69) is 58.2 Å². The van der Waals surface area contributed by atoms with Crippen LogP contribution in [0.4, 0.5) is 0 Å². The van der Waals surface area contributed by atoms with Gasteiger partial charge in [-0.05, 0) is 120 Å². The Bertz CT molecular complexity index is 1850. The maximum Gasteiger partial charge on any atom is 0.245 e. The van der Waals surface area contributed by atoms with Crippen LogP contribution in [0.25, 0.3) is 0 Å². The smallest absolute Gasteiger partial charge is 0.245 e. The maximum absolute atomic E-state index is 13.3. The molecule has 0 spiro atoms. The Morgan fingerprint density at radius 3 is 1.38 bits per heavy atom. The molecule has 0 unspecified atom stereocenters. The zero-order valence-corrected chi connectivity index (χ0v) is 50.8. The molecule has 0 bridgehead atoms. The molecule has 0 aliphatic heterocycles. The van der Waals surface area contributed by atoms with Crippen molar-refractivity contribution in [3.63, 3.8) is 0 Å². The summed E-state index contributed by atoms with van der Waals surface area (Å²) >= 11 is 0. The highest BCUT2D eigenvalue weighted by atomic mass is 16.5. The average Bonchev–Trinajstić information content (AvgIpc) is 3.41. The highest BCUT2D eigenvalue weighted by molar-refractivity contribution is 5.91. The van der Waals surface area contributed by atoms with E-state index in [-0.39, 0.29) is 107 Å². The van der Waals surface area contributed by atoms with Gasteiger partial charge in [-0.2, -0.15) is 0 Å². The van der Waals surface area contributed by atoms with Crippen molar-refractivity contribution in [1.29, 1.82) is 0 Å². The molecule has 0 heterocycles. The van der Waals surface area contributed by atoms with Gasteiger partial charge in [0.05, 0.1) is 73.6 Å². The minimum atomic E-state index is -0.857. The Kier molecular flexibility index (Phi) is 48.1. The zero-order valence-electron chi connectivity index (χ0n) is 50.8. The normalized spacial score (nSPS) is 12.8. The van der Waals surface area contributed by atoms with Crippen LogP contribution in [0.5, 0.6) is 0 Å². The van der Waals surface area contributed by atoms with Gasteiger partial charge < -0.3 is 83.4 Å². The number of carbonyl (C=O) groups excluding carboxylic acids is 9. The number of unbranched alkanes of at least 4 members (excludes halogenated alkanes) is 3. The van der Waals surface area contributed by atoms with Gasteiger partial charge in [0.15, 0.2) is 0 Å². The summed E-state index contributed by atoms with van der Waals surface area (Å²) < 4.78 is 16.0. The number of primary amides is 2. The number of ether oxygens (including phenoxy) is 3. The van der Waals surface area contributed by atoms with E-state index in [1.807, 2.05) is 48.5 Å². The molecule has 3 atom stereocenters. The number of oxime groups is 2. The molecule has 0 aliphatic carbocycles. The van der Waals surface area contributed by atoms with E-state index in [1.165, 1.54) is 6.92 Å². The Balaban J connectivity index is -0.00000327. The molecule has 0 aromatic carbocycles. The predicted molar refractivity (Wildman–Crippen MR) is 311 cm³/mol. The third kappa shape index (κ3) is 45.6. The molecule has 7 amide bonds. The Morgan fingerprint density at radius 1 is 0.543 bits per heavy atom. The molecule has 15 N–H and O–H groups in total. The fraction of sp³-hybridized carbons (Fsp3) is 0.796. The second kappa shape index (κ2) is 48.9. The molecular formula is C54H105N13O14. The van der Waals surface area contributed by atoms with Gasteiger partial charge in [0.2, 0.25) is 41.4 Å². The van der Waals surface area contributed by atoms with Crippen LogP contribution >= 0.6 is 0 Å². The Morgan fingerprint density at radius 2 is 0.975 bits per heavy atom. The summed E-state index contributed by atoms with van der Waals surface area (Å²) in [6.07, 6.45) is 6.50. The van der Waals surface area contributed by atoms with Crippen molar-refractivity contribution in [3.05, 3.63) is 0 Å². The van der Waals surface area contributed by atoms with Crippen LogP contribution in [0.3, 0.4) is 0 Å². The summed E-state index contributed by atoms with van der Waals surface area (Å²) in [7, 11) is 1.65. The molecular weight excluding hydrogens is 1050 g/mol. The number of ketones is 2. The number of hydrogen-bond donors (Lipinski definition) is 13. The number of likely N-dealkylation sites (N-methyl/N-ethyl adjacent to an activating group) is 1. The number of nitrogens with one attached hydrogen (secondary N) is 9. The molecule has 0 aromatic rings. The first kappa shape index (κ1) is 79.5. The molecule has 27 nitrogen and oxygen atoms in total. The van der Waals surface area contributed by atoms with Crippen LogP contribution in [0.2, 0.25) is 0 Å². The summed E-state index contributed by atoms with van der Waals surface area (Å²) in [4.78, 5) is 106. The minimum Gasteiger partial charge on any atom is -0.411 e. The minimum absolute atomic E-state index is 0.00435. The van der Waals surface area contributed by atoms with Crippen molar-refractivity contribution in [2.24, 2.45) is 21.8 Å². The number of nitrogens with two attached hydrogens (primary N) is 2. The van der Waals surface area contributed by atoms with Gasteiger partial charge in [0, 0.05) is 52.0 Å². The van der Waals surface area contributed by atoms with Crippen molar-refractivity contribution >= 4 is 64.3 Å². The van der Waals surface area contributed by atoms with Crippen LogP contribution in [0.15, 0.2) is 10.3 Å². The number of nitrogens with zero attached hydrogens (tertiary/aromatic N) is 2. The van der Waals surface area contributed by atoms with Gasteiger partial charge in [-0.3, -0.25) is 43.7 Å². The van der Waals surface area contributed by atoms with E-state index in [1.54, 1.807) is 27.8 Å². The lowest BCUT2D eigenvalue weighted by Gasteiger charge is -2.32. The first-order valence-electron chi connectivity index (χ1n) is 28.2. The van der Waals surface area contributed by atoms with Crippen molar-refractivity contribution in [3.8, 4) is 0 Å². The quantitative estimate of drug-likeness (QED) is 0.0172. The van der Waals surface area contributed by atoms with Gasteiger partial charge in [-0.15, -0.1) is 0 Å². The monoisotopic (exact) mass is 1160 g/mol. The van der Waals surface area contributed by atoms with Crippen molar-refractivity contribution in [2.75, 3.05) is 86.0 Å². The molecule has 0 fully saturated rings. The van der Waals surface area contributed by atoms with Crippen molar-refractivity contribution in [1.82, 2.24) is 47.9 Å². The largest absolute Gasteiger partial charge is 0.411 e. The third-order valence-electron chi connectivity index (χ3n) is 12.6. The van der Waals surface area contributed by atoms with Gasteiger partial charge >= 0.3 is 0 Å². The van der Waals surface area contributed by atoms with E-state index in [0.717, 1.165) is 12.8 Å². The van der Waals surface area contributed by atoms with Crippen LogP contribution in [-0.4, -0.2) is 196 Å². The fourth-order valence-electron chi connectivity index (χ4n) is 6.51. The lowest BCUT2D eigenvalue weighted by Crippen LogP contribution is -2.57. The van der Waals surface area contributed by atoms with Crippen LogP contribution < -0.4 is 59.3 Å². The summed E-state index contributed by atoms with van der Waals surface area (Å²) in [5.41, 5.74) is 9.97. The molecule has 0 aliphatic rings. The predicted octanol–water partition coefficient (Wildman–Crippen LogP) is 0.590. The maximum atomic E-state index is 13.3. The van der Waals surface area contributed by atoms with Crippen molar-refractivity contribution in [2.45, 2.75) is 195 Å². The molecule has 27 heteroatoms. The molecule has 0 saturated carbocycles. The van der Waals surface area contributed by atoms with Crippen molar-refractivity contribution < 1.29 is 67.8 Å². The van der Waals surface area contributed by atoms with Crippen LogP contribution in [0.1, 0.15) is 160 Å². The first-order valence-corrected chi connectivity index (χ1v) is 28.2. The van der Waals surface area contributed by atoms with E-state index in [0.29, 0.717) is 95.5 Å². The van der Waals surface area contributed by atoms with E-state index in [4.69, 9.17) is 25.7 Å². The number of carbonyl (C=O) groups is 9. The second-order valence-corrected chi connectivity index (χ2v) is 20.4. The summed E-state index contributed by atoms with van der Waals surface area (Å²) in [6, 6.07) is -2.13. The summed E-state index contributed by atoms with van der Waals surface area (Å²) in [5.74, 6) is -2.14. The lowest BCUT2D eigenvalue weighted by atomic mass is 9.98. The lowest BCUT2D eigenvalue weighted by molar-refractivity contribution is -0.129. The van der Waals surface area contributed by atoms with E-state index >= 15 is 0 Å². The highest BCUT2D eigenvalue weighted by Gasteiger charge is 2.27. The Hall–Kier alpha value is -5.71. The molecule has 0 saturated heterocycles. The topological polar surface area (TPSA) is 407 Å². The van der Waals surface area contributed by atoms with Gasteiger partial charge in [-0.25, -0.2) is 0 Å². The molecule has 0 radical (unpaired) electrons. The molecule has 470 valence electrons. The molecule has 0 aromatic heterocycles. The highest BCUT2D eigenvalue weighted by Crippen LogP contribution is 2.09. The van der Waals surface area contributed by atoms with Gasteiger partial charge in [0.1, 0.15) is 30.8 Å². The summed E-state index contributed by atoms with van der Waals surface area (Å²) in [5, 5.41) is 51.6. The number of rotatable bonds is 46. The number of Topliss-reactive ketones (excluding diaryl/α,β-unsaturated/α-hetero) is 2. The van der Waals surface area contributed by atoms with E-state index in [9.17, 15) is 53.6 Å². The van der Waals surface area contributed by atoms with Crippen LogP contribution in [0, 0.1) is 0 Å². The third-order valence-corrected chi connectivity index (χ3v) is 12.6. The van der Waals surface area contributed by atoms with Crippen LogP contribution in [-0.2, 0) is 57.4 Å². The molecule has 81 heavy (non-hydrogen) atoms. The molecule has 0 rings (SSSR count). The van der Waals surface area contributed by atoms with Gasteiger partial charge in [0.25, 0.3) is 0 Å². The van der Waals surface area contributed by atoms with E-state index < -0.39 is 46.9 Å². The fourth-order valence-corrected chi connectivity index (χ4v) is 6.51. The van der Waals surface area contributed by atoms with Gasteiger partial charge in [-0.1, -0.05) is 37.5 Å². The Labute approximate surface area is 481 Å². The first-order chi connectivity index (χ1) is 38.2. The number of hydrogen-bond acceptors (Lipinski definition) is 20. The number of amides is 7. The summed E-state index contributed by atoms with van der Waals surface area (Å²) in [6.45, 7) is 22.4. The standard InChI is InChI=1S/C43H83N11O11.C7H14N2O2.C4H8O/c1-9-10-20-46-38(57)29-64-25-23-63-24-26-65-30-39(58)47-21-13-12-17-35(41(60)48-22-14-11-16-34(45-8)40(44)59)52-37(56)19-15-18-36(55)51-33(27-49-42(4,5)31(2)53-61)28-50-43(6,7)32(3)54-62;1-3-6(7(8)11)9-4-5(2)10;1-3-4(2)5/h33-35,45,49-50,61-62H,9-30H2,1-8H3,(H2,44,59)(H,46,57)(H,47,58)(H,48,60)(H,51,55)(H,52,56);6,9H,3-4H2,1-2H3,(H2,8,11);3H2,1-2H3/b53-31+,54-32+;;/t34-,35-;6-;/m00./s1. The second-order valence-electron chi connectivity index (χ2n) is 20.4.